The number of ether oxygens (including phenoxy) is 1. The van der Waals surface area contributed by atoms with Crippen molar-refractivity contribution in [3.8, 4) is 5.75 Å². The van der Waals surface area contributed by atoms with Gasteiger partial charge in [-0.25, -0.2) is 0 Å². The van der Waals surface area contributed by atoms with Crippen molar-refractivity contribution in [1.29, 1.82) is 0 Å². The zero-order valence-corrected chi connectivity index (χ0v) is 18.6. The maximum atomic E-state index is 12.4. The Morgan fingerprint density at radius 1 is 1.23 bits per heavy atom. The number of hydrogen-bond donors (Lipinski definition) is 1. The number of carbonyl (C=O) groups excluding carboxylic acids is 1. The van der Waals surface area contributed by atoms with Crippen molar-refractivity contribution >= 4 is 40.2 Å². The second-order valence-corrected chi connectivity index (χ2v) is 8.34. The van der Waals surface area contributed by atoms with Gasteiger partial charge in [0.1, 0.15) is 23.7 Å². The minimum absolute atomic E-state index is 0.111. The minimum Gasteiger partial charge on any atom is -0.486 e. The lowest BCUT2D eigenvalue weighted by molar-refractivity contribution is -0.119. The number of furan rings is 1. The van der Waals surface area contributed by atoms with E-state index in [9.17, 15) is 4.79 Å². The lowest BCUT2D eigenvalue weighted by Gasteiger charge is -2.11. The lowest BCUT2D eigenvalue weighted by Crippen LogP contribution is -2.28. The lowest BCUT2D eigenvalue weighted by atomic mass is 10.2. The molecule has 0 spiro atoms. The van der Waals surface area contributed by atoms with Gasteiger partial charge in [-0.3, -0.25) is 4.79 Å². The highest BCUT2D eigenvalue weighted by Crippen LogP contribution is 2.24. The summed E-state index contributed by atoms with van der Waals surface area (Å²) < 4.78 is 13.3. The molecule has 0 aliphatic carbocycles. The molecule has 1 N–H and O–H groups in total. The van der Waals surface area contributed by atoms with E-state index in [2.05, 4.69) is 15.5 Å². The molecule has 0 saturated carbocycles. The van der Waals surface area contributed by atoms with E-state index in [0.717, 1.165) is 16.7 Å². The van der Waals surface area contributed by atoms with Crippen LogP contribution in [0.3, 0.4) is 0 Å². The van der Waals surface area contributed by atoms with E-state index >= 15 is 0 Å². The Hall–Kier alpha value is -2.97. The number of fused-ring (bicyclic) bond motifs is 1. The summed E-state index contributed by atoms with van der Waals surface area (Å²) in [6.07, 6.45) is 0. The van der Waals surface area contributed by atoms with Crippen LogP contribution in [-0.2, 0) is 18.4 Å². The van der Waals surface area contributed by atoms with Gasteiger partial charge in [-0.15, -0.1) is 10.2 Å². The molecule has 0 saturated heterocycles. The molecule has 0 unspecified atom stereocenters. The second kappa shape index (κ2) is 9.45. The molecule has 4 rings (SSSR count). The third-order valence-corrected chi connectivity index (χ3v) is 5.96. The molecule has 0 aliphatic heterocycles. The second-order valence-electron chi connectivity index (χ2n) is 6.96. The Morgan fingerprint density at radius 3 is 2.77 bits per heavy atom. The number of rotatable bonds is 8. The number of carbonyl (C=O) groups is 1. The molecule has 4 aromatic rings. The number of thioether (sulfide) groups is 1. The molecular formula is C22H21ClN4O3S. The molecule has 2 aromatic heterocycles. The molecule has 160 valence electrons. The van der Waals surface area contributed by atoms with Crippen LogP contribution >= 0.6 is 23.4 Å². The Morgan fingerprint density at radius 2 is 2.00 bits per heavy atom. The first-order valence-corrected chi connectivity index (χ1v) is 11.0. The molecule has 7 nitrogen and oxygen atoms in total. The maximum Gasteiger partial charge on any atom is 0.231 e. The van der Waals surface area contributed by atoms with E-state index in [1.165, 1.54) is 11.8 Å². The van der Waals surface area contributed by atoms with Gasteiger partial charge in [0.25, 0.3) is 0 Å². The fourth-order valence-electron chi connectivity index (χ4n) is 2.98. The van der Waals surface area contributed by atoms with Crippen LogP contribution in [0.5, 0.6) is 5.75 Å². The average Bonchev–Trinajstić information content (AvgIpc) is 3.35. The zero-order chi connectivity index (χ0) is 21.8. The molecule has 0 fully saturated rings. The van der Waals surface area contributed by atoms with Crippen LogP contribution in [0.25, 0.3) is 11.0 Å². The molecule has 2 heterocycles. The van der Waals surface area contributed by atoms with Gasteiger partial charge in [0, 0.05) is 17.5 Å². The first-order valence-electron chi connectivity index (χ1n) is 9.67. The maximum absolute atomic E-state index is 12.4. The number of amides is 1. The normalized spacial score (nSPS) is 12.1. The highest BCUT2D eigenvalue weighted by molar-refractivity contribution is 7.99. The van der Waals surface area contributed by atoms with Crippen molar-refractivity contribution in [2.45, 2.75) is 24.7 Å². The number of hydrogen-bond acceptors (Lipinski definition) is 6. The summed E-state index contributed by atoms with van der Waals surface area (Å²) in [6, 6.07) is 16.6. The zero-order valence-electron chi connectivity index (χ0n) is 17.0. The smallest absolute Gasteiger partial charge is 0.231 e. The van der Waals surface area contributed by atoms with Gasteiger partial charge in [-0.1, -0.05) is 41.6 Å². The molecule has 2 aromatic carbocycles. The number of nitrogens with one attached hydrogen (secondary N) is 1. The van der Waals surface area contributed by atoms with Gasteiger partial charge in [-0.2, -0.15) is 0 Å². The van der Waals surface area contributed by atoms with Crippen molar-refractivity contribution in [1.82, 2.24) is 20.1 Å². The fourth-order valence-corrected chi connectivity index (χ4v) is 3.84. The predicted octanol–water partition coefficient (Wildman–Crippen LogP) is 4.76. The fraction of sp³-hybridized carbons (Fsp3) is 0.227. The largest absolute Gasteiger partial charge is 0.486 e. The van der Waals surface area contributed by atoms with Crippen LogP contribution in [0.1, 0.15) is 24.6 Å². The Labute approximate surface area is 188 Å². The molecule has 0 aliphatic rings. The third kappa shape index (κ3) is 5.21. The highest BCUT2D eigenvalue weighted by Gasteiger charge is 2.16. The molecule has 0 bridgehead atoms. The number of nitrogens with zero attached hydrogens (tertiary/aromatic N) is 3. The van der Waals surface area contributed by atoms with E-state index in [4.69, 9.17) is 20.8 Å². The van der Waals surface area contributed by atoms with Crippen molar-refractivity contribution in [2.24, 2.45) is 7.05 Å². The summed E-state index contributed by atoms with van der Waals surface area (Å²) in [5.41, 5.74) is 0.806. The van der Waals surface area contributed by atoms with Crippen LogP contribution < -0.4 is 10.1 Å². The van der Waals surface area contributed by atoms with E-state index in [0.29, 0.717) is 21.8 Å². The SMILES string of the molecule is C[C@@H](NC(=O)CSc1nnc(COc2ccc(Cl)cc2)n1C)c1cc2ccccc2o1. The summed E-state index contributed by atoms with van der Waals surface area (Å²) in [4.78, 5) is 12.4. The van der Waals surface area contributed by atoms with Gasteiger partial charge in [0.05, 0.1) is 11.8 Å². The van der Waals surface area contributed by atoms with E-state index < -0.39 is 0 Å². The molecule has 0 radical (unpaired) electrons. The standard InChI is InChI=1S/C22H21ClN4O3S/c1-14(19-11-15-5-3-4-6-18(15)30-19)24-21(28)13-31-22-26-25-20(27(22)2)12-29-17-9-7-16(23)8-10-17/h3-11,14H,12-13H2,1-2H3,(H,24,28)/t14-/m1/s1. The van der Waals surface area contributed by atoms with Gasteiger partial charge in [0.15, 0.2) is 11.0 Å². The van der Waals surface area contributed by atoms with E-state index in [1.54, 1.807) is 24.3 Å². The number of halogens is 1. The Bertz CT molecular complexity index is 1160. The first kappa shape index (κ1) is 21.3. The van der Waals surface area contributed by atoms with Gasteiger partial charge >= 0.3 is 0 Å². The molecule has 1 atom stereocenters. The van der Waals surface area contributed by atoms with Crippen LogP contribution in [0.2, 0.25) is 5.02 Å². The quantitative estimate of drug-likeness (QED) is 0.385. The topological polar surface area (TPSA) is 82.2 Å². The van der Waals surface area contributed by atoms with Gasteiger partial charge in [0.2, 0.25) is 5.91 Å². The summed E-state index contributed by atoms with van der Waals surface area (Å²) in [5, 5.41) is 13.6. The Balaban J connectivity index is 1.29. The van der Waals surface area contributed by atoms with Crippen LogP contribution in [0, 0.1) is 0 Å². The van der Waals surface area contributed by atoms with Crippen molar-refractivity contribution in [3.05, 3.63) is 71.2 Å². The summed E-state index contributed by atoms with van der Waals surface area (Å²) in [7, 11) is 1.85. The number of benzene rings is 2. The molecule has 9 heteroatoms. The van der Waals surface area contributed by atoms with Crippen molar-refractivity contribution in [2.75, 3.05) is 5.75 Å². The van der Waals surface area contributed by atoms with Crippen LogP contribution in [-0.4, -0.2) is 26.4 Å². The molecule has 31 heavy (non-hydrogen) atoms. The summed E-state index contributed by atoms with van der Waals surface area (Å²) in [5.74, 6) is 2.18. The third-order valence-electron chi connectivity index (χ3n) is 4.69. The number of aromatic nitrogens is 3. The highest BCUT2D eigenvalue weighted by atomic mass is 35.5. The van der Waals surface area contributed by atoms with Crippen molar-refractivity contribution in [3.63, 3.8) is 0 Å². The van der Waals surface area contributed by atoms with Crippen LogP contribution in [0.4, 0.5) is 0 Å². The van der Waals surface area contributed by atoms with Gasteiger partial charge in [-0.05, 0) is 43.3 Å². The minimum atomic E-state index is -0.233. The van der Waals surface area contributed by atoms with Crippen molar-refractivity contribution < 1.29 is 13.9 Å². The first-order chi connectivity index (χ1) is 15.0. The molecular weight excluding hydrogens is 436 g/mol. The van der Waals surface area contributed by atoms with Gasteiger partial charge < -0.3 is 19.0 Å². The van der Waals surface area contributed by atoms with E-state index in [1.807, 2.05) is 48.9 Å². The monoisotopic (exact) mass is 456 g/mol. The Kier molecular flexibility index (Phi) is 6.48. The predicted molar refractivity (Wildman–Crippen MR) is 120 cm³/mol. The number of para-hydroxylation sites is 1. The van der Waals surface area contributed by atoms with E-state index in [-0.39, 0.29) is 24.3 Å². The van der Waals surface area contributed by atoms with Crippen LogP contribution in [0.15, 0.2) is 64.2 Å². The summed E-state index contributed by atoms with van der Waals surface area (Å²) >= 11 is 7.20. The average molecular weight is 457 g/mol. The summed E-state index contributed by atoms with van der Waals surface area (Å²) in [6.45, 7) is 2.16. The molecule has 1 amide bonds.